The third-order valence-corrected chi connectivity index (χ3v) is 3.11. The van der Waals surface area contributed by atoms with Crippen molar-refractivity contribution in [1.29, 1.82) is 0 Å². The molecule has 2 N–H and O–H groups in total. The fourth-order valence-electron chi connectivity index (χ4n) is 1.42. The Kier molecular flexibility index (Phi) is 4.12. The molecule has 0 bridgehead atoms. The Morgan fingerprint density at radius 2 is 2.12 bits per heavy atom. The summed E-state index contributed by atoms with van der Waals surface area (Å²) in [7, 11) is 1.87. The highest BCUT2D eigenvalue weighted by molar-refractivity contribution is 5.93. The highest BCUT2D eigenvalue weighted by Crippen LogP contribution is 2.07. The molecule has 1 aromatic rings. The largest absolute Gasteiger partial charge is 0.396 e. The molecule has 2 unspecified atom stereocenters. The second-order valence-corrected chi connectivity index (χ2v) is 4.34. The summed E-state index contributed by atoms with van der Waals surface area (Å²) in [6.07, 6.45) is 0. The summed E-state index contributed by atoms with van der Waals surface area (Å²) in [5, 5.41) is 11.9. The minimum atomic E-state index is -0.0941. The smallest absolute Gasteiger partial charge is 0.268 e. The quantitative estimate of drug-likeness (QED) is 0.804. The molecular formula is C12H20N2O2. The van der Waals surface area contributed by atoms with E-state index in [0.29, 0.717) is 5.69 Å². The van der Waals surface area contributed by atoms with Crippen LogP contribution in [0.4, 0.5) is 0 Å². The van der Waals surface area contributed by atoms with Crippen molar-refractivity contribution in [2.24, 2.45) is 13.0 Å². The van der Waals surface area contributed by atoms with E-state index in [2.05, 4.69) is 5.32 Å². The van der Waals surface area contributed by atoms with Gasteiger partial charge in [-0.2, -0.15) is 0 Å². The molecule has 0 saturated heterocycles. The van der Waals surface area contributed by atoms with E-state index >= 15 is 0 Å². The molecule has 0 spiro atoms. The molecule has 0 radical (unpaired) electrons. The molecule has 1 heterocycles. The average Bonchev–Trinajstić information content (AvgIpc) is 2.58. The first-order valence-electron chi connectivity index (χ1n) is 5.51. The van der Waals surface area contributed by atoms with E-state index in [1.54, 1.807) is 6.07 Å². The normalized spacial score (nSPS) is 14.6. The van der Waals surface area contributed by atoms with Crippen LogP contribution in [0.1, 0.15) is 30.0 Å². The van der Waals surface area contributed by atoms with Gasteiger partial charge in [-0.05, 0) is 31.9 Å². The zero-order chi connectivity index (χ0) is 12.3. The van der Waals surface area contributed by atoms with E-state index in [1.165, 1.54) is 0 Å². The number of carbonyl (C=O) groups excluding carboxylic acids is 1. The van der Waals surface area contributed by atoms with Crippen LogP contribution in [-0.2, 0) is 7.05 Å². The minimum absolute atomic E-state index is 0.0345. The monoisotopic (exact) mass is 224 g/mol. The third-order valence-electron chi connectivity index (χ3n) is 3.11. The van der Waals surface area contributed by atoms with E-state index in [4.69, 9.17) is 5.11 Å². The van der Waals surface area contributed by atoms with Gasteiger partial charge in [-0.25, -0.2) is 0 Å². The Hall–Kier alpha value is -1.29. The van der Waals surface area contributed by atoms with Crippen LogP contribution >= 0.6 is 0 Å². The van der Waals surface area contributed by atoms with Gasteiger partial charge in [-0.1, -0.05) is 6.92 Å². The Bertz CT molecular complexity index is 371. The molecular weight excluding hydrogens is 204 g/mol. The number of rotatable bonds is 4. The number of carbonyl (C=O) groups is 1. The molecule has 0 fully saturated rings. The lowest BCUT2D eigenvalue weighted by Crippen LogP contribution is -2.39. The number of hydrogen-bond acceptors (Lipinski definition) is 2. The molecule has 0 aromatic carbocycles. The Morgan fingerprint density at radius 3 is 2.56 bits per heavy atom. The van der Waals surface area contributed by atoms with Crippen LogP contribution in [0.15, 0.2) is 12.1 Å². The molecule has 1 aromatic heterocycles. The fourth-order valence-corrected chi connectivity index (χ4v) is 1.42. The van der Waals surface area contributed by atoms with Crippen molar-refractivity contribution in [3.8, 4) is 0 Å². The predicted molar refractivity (Wildman–Crippen MR) is 63.3 cm³/mol. The van der Waals surface area contributed by atoms with Gasteiger partial charge in [-0.3, -0.25) is 4.79 Å². The first-order chi connectivity index (χ1) is 7.47. The maximum Gasteiger partial charge on any atom is 0.268 e. The summed E-state index contributed by atoms with van der Waals surface area (Å²) in [6, 6.07) is 3.68. The van der Waals surface area contributed by atoms with E-state index < -0.39 is 0 Å². The van der Waals surface area contributed by atoms with Crippen molar-refractivity contribution in [3.05, 3.63) is 23.5 Å². The van der Waals surface area contributed by atoms with Gasteiger partial charge < -0.3 is 15.0 Å². The standard InChI is InChI=1S/C12H20N2O2/c1-8(7-15)10(3)13-12(16)11-6-5-9(2)14(11)4/h5-6,8,10,15H,7H2,1-4H3,(H,13,16). The zero-order valence-electron chi connectivity index (χ0n) is 10.3. The summed E-state index contributed by atoms with van der Waals surface area (Å²) in [4.78, 5) is 11.9. The molecule has 0 aliphatic heterocycles. The second kappa shape index (κ2) is 5.16. The van der Waals surface area contributed by atoms with Gasteiger partial charge in [0.05, 0.1) is 0 Å². The Balaban J connectivity index is 2.69. The lowest BCUT2D eigenvalue weighted by molar-refractivity contribution is 0.0908. The highest BCUT2D eigenvalue weighted by Gasteiger charge is 2.17. The van der Waals surface area contributed by atoms with Crippen molar-refractivity contribution in [2.45, 2.75) is 26.8 Å². The summed E-state index contributed by atoms with van der Waals surface area (Å²) in [5.74, 6) is -0.0336. The molecule has 4 nitrogen and oxygen atoms in total. The van der Waals surface area contributed by atoms with Crippen LogP contribution in [0.5, 0.6) is 0 Å². The SMILES string of the molecule is Cc1ccc(C(=O)NC(C)C(C)CO)n1C. The number of nitrogens with zero attached hydrogens (tertiary/aromatic N) is 1. The summed E-state index contributed by atoms with van der Waals surface area (Å²) in [5.41, 5.74) is 1.70. The lowest BCUT2D eigenvalue weighted by atomic mass is 10.1. The molecule has 2 atom stereocenters. The topological polar surface area (TPSA) is 54.3 Å². The minimum Gasteiger partial charge on any atom is -0.396 e. The molecule has 16 heavy (non-hydrogen) atoms. The van der Waals surface area contributed by atoms with Crippen molar-refractivity contribution in [1.82, 2.24) is 9.88 Å². The summed E-state index contributed by atoms with van der Waals surface area (Å²) < 4.78 is 1.85. The van der Waals surface area contributed by atoms with Crippen molar-refractivity contribution >= 4 is 5.91 Å². The van der Waals surface area contributed by atoms with Crippen LogP contribution in [-0.4, -0.2) is 28.2 Å². The van der Waals surface area contributed by atoms with Gasteiger partial charge in [0, 0.05) is 25.4 Å². The molecule has 0 aliphatic rings. The first kappa shape index (κ1) is 12.8. The van der Waals surface area contributed by atoms with E-state index in [1.807, 2.05) is 38.5 Å². The zero-order valence-corrected chi connectivity index (χ0v) is 10.3. The second-order valence-electron chi connectivity index (χ2n) is 4.34. The van der Waals surface area contributed by atoms with Crippen molar-refractivity contribution in [3.63, 3.8) is 0 Å². The van der Waals surface area contributed by atoms with Crippen molar-refractivity contribution in [2.75, 3.05) is 6.61 Å². The predicted octanol–water partition coefficient (Wildman–Crippen LogP) is 1.08. The molecule has 1 rings (SSSR count). The maximum atomic E-state index is 11.9. The number of aromatic nitrogens is 1. The van der Waals surface area contributed by atoms with Crippen LogP contribution in [0.2, 0.25) is 0 Å². The number of hydrogen-bond donors (Lipinski definition) is 2. The number of aliphatic hydroxyl groups excluding tert-OH is 1. The van der Waals surface area contributed by atoms with Gasteiger partial charge in [0.1, 0.15) is 5.69 Å². The Morgan fingerprint density at radius 1 is 1.50 bits per heavy atom. The van der Waals surface area contributed by atoms with Gasteiger partial charge in [-0.15, -0.1) is 0 Å². The Labute approximate surface area is 96.3 Å². The van der Waals surface area contributed by atoms with E-state index in [0.717, 1.165) is 5.69 Å². The summed E-state index contributed by atoms with van der Waals surface area (Å²) >= 11 is 0. The highest BCUT2D eigenvalue weighted by atomic mass is 16.3. The van der Waals surface area contributed by atoms with Crippen LogP contribution in [0.25, 0.3) is 0 Å². The van der Waals surface area contributed by atoms with E-state index in [9.17, 15) is 4.79 Å². The average molecular weight is 224 g/mol. The maximum absolute atomic E-state index is 11.9. The number of aliphatic hydroxyl groups is 1. The number of nitrogens with one attached hydrogen (secondary N) is 1. The molecule has 1 amide bonds. The number of amides is 1. The lowest BCUT2D eigenvalue weighted by Gasteiger charge is -2.19. The van der Waals surface area contributed by atoms with Crippen LogP contribution in [0, 0.1) is 12.8 Å². The summed E-state index contributed by atoms with van der Waals surface area (Å²) in [6.45, 7) is 5.83. The van der Waals surface area contributed by atoms with Gasteiger partial charge in [0.2, 0.25) is 0 Å². The van der Waals surface area contributed by atoms with Crippen LogP contribution < -0.4 is 5.32 Å². The molecule has 4 heteroatoms. The van der Waals surface area contributed by atoms with Gasteiger partial charge >= 0.3 is 0 Å². The fraction of sp³-hybridized carbons (Fsp3) is 0.583. The van der Waals surface area contributed by atoms with Gasteiger partial charge in [0.25, 0.3) is 5.91 Å². The first-order valence-corrected chi connectivity index (χ1v) is 5.51. The van der Waals surface area contributed by atoms with Gasteiger partial charge in [0.15, 0.2) is 0 Å². The molecule has 0 saturated carbocycles. The third kappa shape index (κ3) is 2.64. The molecule has 0 aliphatic carbocycles. The van der Waals surface area contributed by atoms with E-state index in [-0.39, 0.29) is 24.5 Å². The number of aryl methyl sites for hydroxylation is 1. The van der Waals surface area contributed by atoms with Crippen molar-refractivity contribution < 1.29 is 9.90 Å². The van der Waals surface area contributed by atoms with Crippen LogP contribution in [0.3, 0.4) is 0 Å². The molecule has 90 valence electrons.